The number of nitrogens with zero attached hydrogens (tertiary/aromatic N) is 2. The van der Waals surface area contributed by atoms with Gasteiger partial charge in [0.2, 0.25) is 5.91 Å². The zero-order valence-corrected chi connectivity index (χ0v) is 10.0. The van der Waals surface area contributed by atoms with Gasteiger partial charge in [-0.25, -0.2) is 4.79 Å². The normalized spacial score (nSPS) is 19.9. The topological polar surface area (TPSA) is 107 Å². The highest BCUT2D eigenvalue weighted by Crippen LogP contribution is 2.11. The van der Waals surface area contributed by atoms with Crippen molar-refractivity contribution in [3.63, 3.8) is 0 Å². The molecule has 0 saturated carbocycles. The van der Waals surface area contributed by atoms with Crippen molar-refractivity contribution in [1.82, 2.24) is 9.80 Å². The van der Waals surface area contributed by atoms with E-state index in [-0.39, 0.29) is 26.2 Å². The van der Waals surface area contributed by atoms with Gasteiger partial charge in [-0.15, -0.1) is 0 Å². The van der Waals surface area contributed by atoms with Crippen molar-refractivity contribution >= 4 is 18.0 Å². The van der Waals surface area contributed by atoms with Gasteiger partial charge in [0.25, 0.3) is 0 Å². The lowest BCUT2D eigenvalue weighted by atomic mass is 10.1. The van der Waals surface area contributed by atoms with Gasteiger partial charge in [-0.2, -0.15) is 0 Å². The van der Waals surface area contributed by atoms with Crippen molar-refractivity contribution in [1.29, 1.82) is 0 Å². The quantitative estimate of drug-likeness (QED) is 0.610. The maximum absolute atomic E-state index is 11.9. The summed E-state index contributed by atoms with van der Waals surface area (Å²) in [5.74, 6) is -1.13. The lowest BCUT2D eigenvalue weighted by Gasteiger charge is -2.37. The minimum absolute atomic E-state index is 0.0612. The average Bonchev–Trinajstić information content (AvgIpc) is 2.31. The highest BCUT2D eigenvalue weighted by atomic mass is 16.5. The average molecular weight is 260 g/mol. The van der Waals surface area contributed by atoms with E-state index < -0.39 is 30.6 Å². The van der Waals surface area contributed by atoms with Crippen molar-refractivity contribution < 1.29 is 29.3 Å². The molecule has 8 nitrogen and oxygen atoms in total. The highest BCUT2D eigenvalue weighted by Gasteiger charge is 2.37. The molecule has 0 aromatic rings. The molecule has 1 aliphatic heterocycles. The summed E-state index contributed by atoms with van der Waals surface area (Å²) in [6, 6.07) is -1.15. The number of carboxylic acid groups (broad SMARTS) is 1. The number of aliphatic hydroxyl groups excluding tert-OH is 1. The Hall–Kier alpha value is -1.83. The summed E-state index contributed by atoms with van der Waals surface area (Å²) in [6.07, 6.45) is -1.27. The smallest absolute Gasteiger partial charge is 0.408 e. The molecule has 1 fully saturated rings. The van der Waals surface area contributed by atoms with Crippen LogP contribution in [0, 0.1) is 0 Å². The third-order valence-corrected chi connectivity index (χ3v) is 2.63. The second-order valence-corrected chi connectivity index (χ2v) is 3.74. The van der Waals surface area contributed by atoms with E-state index in [4.69, 9.17) is 14.9 Å². The molecule has 1 saturated heterocycles. The molecule has 1 aliphatic rings. The van der Waals surface area contributed by atoms with Gasteiger partial charge < -0.3 is 19.8 Å². The number of esters is 1. The molecule has 2 amide bonds. The maximum Gasteiger partial charge on any atom is 0.408 e. The van der Waals surface area contributed by atoms with Gasteiger partial charge in [0.1, 0.15) is 12.6 Å². The van der Waals surface area contributed by atoms with E-state index in [0.29, 0.717) is 0 Å². The van der Waals surface area contributed by atoms with Crippen LogP contribution in [0.25, 0.3) is 0 Å². The van der Waals surface area contributed by atoms with E-state index in [1.165, 1.54) is 4.90 Å². The third-order valence-electron chi connectivity index (χ3n) is 2.63. The largest absolute Gasteiger partial charge is 0.465 e. The van der Waals surface area contributed by atoms with Gasteiger partial charge in [-0.05, 0) is 6.92 Å². The van der Waals surface area contributed by atoms with Crippen LogP contribution < -0.4 is 0 Å². The van der Waals surface area contributed by atoms with E-state index in [0.717, 1.165) is 4.90 Å². The van der Waals surface area contributed by atoms with E-state index in [2.05, 4.69) is 0 Å². The zero-order valence-electron chi connectivity index (χ0n) is 10.0. The van der Waals surface area contributed by atoms with E-state index in [1.807, 2.05) is 0 Å². The van der Waals surface area contributed by atoms with Crippen molar-refractivity contribution in [3.8, 4) is 0 Å². The molecule has 0 radical (unpaired) electrons. The summed E-state index contributed by atoms with van der Waals surface area (Å²) in [7, 11) is 0. The number of amides is 2. The van der Waals surface area contributed by atoms with Gasteiger partial charge >= 0.3 is 12.1 Å². The fourth-order valence-electron chi connectivity index (χ4n) is 1.76. The highest BCUT2D eigenvalue weighted by molar-refractivity contribution is 5.89. The molecular formula is C10H16N2O6. The molecular weight excluding hydrogens is 244 g/mol. The first-order chi connectivity index (χ1) is 8.51. The van der Waals surface area contributed by atoms with Crippen LogP contribution in [-0.2, 0) is 14.3 Å². The van der Waals surface area contributed by atoms with Crippen molar-refractivity contribution in [2.45, 2.75) is 13.0 Å². The molecule has 8 heteroatoms. The Labute approximate surface area is 104 Å². The first kappa shape index (κ1) is 14.2. The minimum atomic E-state index is -1.27. The second-order valence-electron chi connectivity index (χ2n) is 3.74. The van der Waals surface area contributed by atoms with Crippen molar-refractivity contribution in [3.05, 3.63) is 0 Å². The molecule has 1 atom stereocenters. The molecule has 0 unspecified atom stereocenters. The standard InChI is InChI=1S/C10H16N2O6/c1-2-18-8(14)5-11-3-4-12(10(16)17)7(6-13)9(11)15/h7,13H,2-6H2,1H3,(H,16,17)/t7-/m0/s1. The summed E-state index contributed by atoms with van der Waals surface area (Å²) in [5.41, 5.74) is 0. The Bertz CT molecular complexity index is 345. The lowest BCUT2D eigenvalue weighted by molar-refractivity contribution is -0.153. The molecule has 0 aromatic carbocycles. The SMILES string of the molecule is CCOC(=O)CN1CCN(C(=O)O)[C@@H](CO)C1=O. The van der Waals surface area contributed by atoms with Gasteiger partial charge in [-0.3, -0.25) is 14.5 Å². The monoisotopic (exact) mass is 260 g/mol. The molecule has 1 heterocycles. The van der Waals surface area contributed by atoms with Crippen LogP contribution in [0.4, 0.5) is 4.79 Å². The first-order valence-corrected chi connectivity index (χ1v) is 5.56. The summed E-state index contributed by atoms with van der Waals surface area (Å²) >= 11 is 0. The molecule has 0 aliphatic carbocycles. The van der Waals surface area contributed by atoms with E-state index >= 15 is 0 Å². The predicted molar refractivity (Wildman–Crippen MR) is 58.8 cm³/mol. The molecule has 102 valence electrons. The zero-order chi connectivity index (χ0) is 13.7. The summed E-state index contributed by atoms with van der Waals surface area (Å²) in [5, 5.41) is 17.9. The first-order valence-electron chi connectivity index (χ1n) is 5.56. The van der Waals surface area contributed by atoms with Crippen LogP contribution in [-0.4, -0.2) is 76.9 Å². The Morgan fingerprint density at radius 1 is 1.44 bits per heavy atom. The Kier molecular flexibility index (Phi) is 4.90. The second kappa shape index (κ2) is 6.20. The molecule has 0 spiro atoms. The van der Waals surface area contributed by atoms with Crippen molar-refractivity contribution in [2.75, 3.05) is 32.8 Å². The number of carbonyl (C=O) groups is 3. The van der Waals surface area contributed by atoms with Crippen molar-refractivity contribution in [2.24, 2.45) is 0 Å². The maximum atomic E-state index is 11.9. The molecule has 0 bridgehead atoms. The van der Waals surface area contributed by atoms with Crippen LogP contribution >= 0.6 is 0 Å². The summed E-state index contributed by atoms with van der Waals surface area (Å²) < 4.78 is 4.71. The number of ether oxygens (including phenoxy) is 1. The molecule has 1 rings (SSSR count). The molecule has 18 heavy (non-hydrogen) atoms. The number of carbonyl (C=O) groups excluding carboxylic acids is 2. The third kappa shape index (κ3) is 3.10. The predicted octanol–water partition coefficient (Wildman–Crippen LogP) is -1.27. The van der Waals surface area contributed by atoms with Gasteiger partial charge in [0.15, 0.2) is 0 Å². The van der Waals surface area contributed by atoms with Crippen LogP contribution in [0.5, 0.6) is 0 Å². The summed E-state index contributed by atoms with van der Waals surface area (Å²) in [6.45, 7) is 1.21. The number of aliphatic hydroxyl groups is 1. The van der Waals surface area contributed by atoms with E-state index in [9.17, 15) is 14.4 Å². The summed E-state index contributed by atoms with van der Waals surface area (Å²) in [4.78, 5) is 36.0. The number of rotatable bonds is 4. The number of piperazine rings is 1. The Balaban J connectivity index is 2.68. The number of hydrogen-bond acceptors (Lipinski definition) is 5. The molecule has 2 N–H and O–H groups in total. The minimum Gasteiger partial charge on any atom is -0.465 e. The Morgan fingerprint density at radius 2 is 2.11 bits per heavy atom. The molecule has 0 aromatic heterocycles. The van der Waals surface area contributed by atoms with Gasteiger partial charge in [0, 0.05) is 13.1 Å². The fraction of sp³-hybridized carbons (Fsp3) is 0.700. The van der Waals surface area contributed by atoms with Gasteiger partial charge in [0.05, 0.1) is 13.2 Å². The fourth-order valence-corrected chi connectivity index (χ4v) is 1.76. The number of hydrogen-bond donors (Lipinski definition) is 2. The Morgan fingerprint density at radius 3 is 2.61 bits per heavy atom. The van der Waals surface area contributed by atoms with Crippen LogP contribution in [0.3, 0.4) is 0 Å². The van der Waals surface area contributed by atoms with Gasteiger partial charge in [-0.1, -0.05) is 0 Å². The van der Waals surface area contributed by atoms with E-state index in [1.54, 1.807) is 6.92 Å². The van der Waals surface area contributed by atoms with Crippen LogP contribution in [0.1, 0.15) is 6.92 Å². The van der Waals surface area contributed by atoms with Crippen LogP contribution in [0.2, 0.25) is 0 Å². The van der Waals surface area contributed by atoms with Crippen LogP contribution in [0.15, 0.2) is 0 Å². The lowest BCUT2D eigenvalue weighted by Crippen LogP contribution is -2.60.